The van der Waals surface area contributed by atoms with Crippen LogP contribution in [0.2, 0.25) is 0 Å². The maximum absolute atomic E-state index is 11.3. The van der Waals surface area contributed by atoms with Gasteiger partial charge in [0.2, 0.25) is 5.91 Å². The van der Waals surface area contributed by atoms with E-state index >= 15 is 0 Å². The number of benzene rings is 1. The lowest BCUT2D eigenvalue weighted by molar-refractivity contribution is -0.119. The Morgan fingerprint density at radius 1 is 1.44 bits per heavy atom. The summed E-state index contributed by atoms with van der Waals surface area (Å²) in [5, 5.41) is 5.56. The van der Waals surface area contributed by atoms with Crippen molar-refractivity contribution in [2.75, 3.05) is 25.5 Å². The molecule has 0 saturated carbocycles. The Hall–Kier alpha value is -2.30. The number of carbonyl (C=O) groups excluding carboxylic acids is 2. The zero-order chi connectivity index (χ0) is 13.4. The summed E-state index contributed by atoms with van der Waals surface area (Å²) in [4.78, 5) is 22.6. The summed E-state index contributed by atoms with van der Waals surface area (Å²) in [5.41, 5.74) is 1.13. The van der Waals surface area contributed by atoms with Crippen LogP contribution < -0.4 is 10.6 Å². The van der Waals surface area contributed by atoms with Crippen molar-refractivity contribution in [3.63, 3.8) is 0 Å². The fraction of sp³-hybridized carbons (Fsp3) is 0.231. The van der Waals surface area contributed by atoms with Crippen LogP contribution in [0.1, 0.15) is 10.4 Å². The molecule has 0 aliphatic heterocycles. The molecule has 18 heavy (non-hydrogen) atoms. The van der Waals surface area contributed by atoms with Gasteiger partial charge in [0.15, 0.2) is 0 Å². The Labute approximate surface area is 106 Å². The first-order chi connectivity index (χ1) is 8.67. The second kappa shape index (κ2) is 7.11. The predicted molar refractivity (Wildman–Crippen MR) is 69.5 cm³/mol. The molecule has 5 nitrogen and oxygen atoms in total. The van der Waals surface area contributed by atoms with Gasteiger partial charge in [0.25, 0.3) is 0 Å². The first-order valence-corrected chi connectivity index (χ1v) is 5.47. The quantitative estimate of drug-likeness (QED) is 0.586. The molecule has 2 N–H and O–H groups in total. The Morgan fingerprint density at radius 3 is 2.89 bits per heavy atom. The van der Waals surface area contributed by atoms with Gasteiger partial charge in [-0.2, -0.15) is 0 Å². The number of anilines is 1. The maximum atomic E-state index is 11.3. The van der Waals surface area contributed by atoms with Crippen molar-refractivity contribution in [2.45, 2.75) is 0 Å². The van der Waals surface area contributed by atoms with E-state index in [0.29, 0.717) is 17.8 Å². The molecular weight excluding hydrogens is 232 g/mol. The van der Waals surface area contributed by atoms with Gasteiger partial charge in [-0.25, -0.2) is 4.79 Å². The van der Waals surface area contributed by atoms with Crippen LogP contribution in [-0.4, -0.2) is 32.1 Å². The van der Waals surface area contributed by atoms with Gasteiger partial charge in [-0.3, -0.25) is 4.79 Å². The molecule has 0 radical (unpaired) electrons. The van der Waals surface area contributed by atoms with Crippen molar-refractivity contribution in [1.29, 1.82) is 0 Å². The fourth-order valence-corrected chi connectivity index (χ4v) is 1.30. The highest BCUT2D eigenvalue weighted by molar-refractivity contribution is 5.90. The monoisotopic (exact) mass is 248 g/mol. The number of hydrogen-bond acceptors (Lipinski definition) is 4. The fourth-order valence-electron chi connectivity index (χ4n) is 1.30. The van der Waals surface area contributed by atoms with Crippen LogP contribution in [0.25, 0.3) is 0 Å². The Bertz CT molecular complexity index is 444. The van der Waals surface area contributed by atoms with E-state index in [4.69, 9.17) is 0 Å². The molecule has 1 amide bonds. The predicted octanol–water partition coefficient (Wildman–Crippen LogP) is 1.19. The zero-order valence-corrected chi connectivity index (χ0v) is 10.2. The van der Waals surface area contributed by atoms with E-state index in [2.05, 4.69) is 21.9 Å². The minimum atomic E-state index is -0.408. The number of nitrogens with one attached hydrogen (secondary N) is 2. The lowest BCUT2D eigenvalue weighted by Crippen LogP contribution is -2.29. The van der Waals surface area contributed by atoms with Gasteiger partial charge in [0, 0.05) is 12.2 Å². The molecule has 0 unspecified atom stereocenters. The Balaban J connectivity index is 2.54. The molecule has 0 fully saturated rings. The Kier molecular flexibility index (Phi) is 5.44. The largest absolute Gasteiger partial charge is 0.465 e. The van der Waals surface area contributed by atoms with Crippen LogP contribution in [0.15, 0.2) is 36.9 Å². The van der Waals surface area contributed by atoms with Crippen molar-refractivity contribution in [3.05, 3.63) is 42.5 Å². The number of rotatable bonds is 6. The standard InChI is InChI=1S/C13H16N2O3/c1-3-7-14-12(16)9-15-11-6-4-5-10(8-11)13(17)18-2/h3-6,8,15H,1,7,9H2,2H3,(H,14,16). The van der Waals surface area contributed by atoms with Crippen molar-refractivity contribution in [3.8, 4) is 0 Å². The number of amides is 1. The van der Waals surface area contributed by atoms with Gasteiger partial charge in [-0.1, -0.05) is 12.1 Å². The molecule has 0 aliphatic rings. The van der Waals surface area contributed by atoms with Crippen molar-refractivity contribution in [1.82, 2.24) is 5.32 Å². The van der Waals surface area contributed by atoms with Gasteiger partial charge >= 0.3 is 5.97 Å². The van der Waals surface area contributed by atoms with Gasteiger partial charge in [-0.05, 0) is 18.2 Å². The number of carbonyl (C=O) groups is 2. The number of hydrogen-bond donors (Lipinski definition) is 2. The number of ether oxygens (including phenoxy) is 1. The van der Waals surface area contributed by atoms with E-state index in [1.165, 1.54) is 7.11 Å². The highest BCUT2D eigenvalue weighted by Gasteiger charge is 2.06. The lowest BCUT2D eigenvalue weighted by Gasteiger charge is -2.07. The maximum Gasteiger partial charge on any atom is 0.337 e. The van der Waals surface area contributed by atoms with E-state index in [0.717, 1.165) is 0 Å². The number of esters is 1. The second-order valence-corrected chi connectivity index (χ2v) is 3.52. The first-order valence-electron chi connectivity index (χ1n) is 5.47. The van der Waals surface area contributed by atoms with Gasteiger partial charge < -0.3 is 15.4 Å². The van der Waals surface area contributed by atoms with E-state index in [1.807, 2.05) is 0 Å². The van der Waals surface area contributed by atoms with Gasteiger partial charge in [-0.15, -0.1) is 6.58 Å². The van der Waals surface area contributed by atoms with Crippen LogP contribution in [-0.2, 0) is 9.53 Å². The van der Waals surface area contributed by atoms with E-state index in [-0.39, 0.29) is 12.5 Å². The van der Waals surface area contributed by atoms with E-state index in [1.54, 1.807) is 30.3 Å². The van der Waals surface area contributed by atoms with Gasteiger partial charge in [0.05, 0.1) is 19.2 Å². The molecule has 0 heterocycles. The molecule has 5 heteroatoms. The average molecular weight is 248 g/mol. The molecular formula is C13H16N2O3. The number of methoxy groups -OCH3 is 1. The molecule has 1 aromatic carbocycles. The van der Waals surface area contributed by atoms with Crippen LogP contribution in [0.5, 0.6) is 0 Å². The summed E-state index contributed by atoms with van der Waals surface area (Å²) in [7, 11) is 1.32. The van der Waals surface area contributed by atoms with E-state index in [9.17, 15) is 9.59 Å². The molecule has 0 aromatic heterocycles. The average Bonchev–Trinajstić information content (AvgIpc) is 2.42. The molecule has 0 saturated heterocycles. The third-order valence-electron chi connectivity index (χ3n) is 2.18. The molecule has 0 spiro atoms. The molecule has 1 aromatic rings. The Morgan fingerprint density at radius 2 is 2.22 bits per heavy atom. The smallest absolute Gasteiger partial charge is 0.337 e. The molecule has 0 aliphatic carbocycles. The van der Waals surface area contributed by atoms with Crippen LogP contribution in [0, 0.1) is 0 Å². The summed E-state index contributed by atoms with van der Waals surface area (Å²) >= 11 is 0. The molecule has 0 atom stereocenters. The normalized spacial score (nSPS) is 9.39. The third-order valence-corrected chi connectivity index (χ3v) is 2.18. The molecule has 1 rings (SSSR count). The minimum absolute atomic E-state index is 0.137. The minimum Gasteiger partial charge on any atom is -0.465 e. The first kappa shape index (κ1) is 13.8. The van der Waals surface area contributed by atoms with Crippen LogP contribution >= 0.6 is 0 Å². The highest BCUT2D eigenvalue weighted by Crippen LogP contribution is 2.10. The highest BCUT2D eigenvalue weighted by atomic mass is 16.5. The van der Waals surface area contributed by atoms with Crippen molar-refractivity contribution in [2.24, 2.45) is 0 Å². The summed E-state index contributed by atoms with van der Waals surface area (Å²) in [6, 6.07) is 6.77. The van der Waals surface area contributed by atoms with Crippen LogP contribution in [0.4, 0.5) is 5.69 Å². The van der Waals surface area contributed by atoms with Gasteiger partial charge in [0.1, 0.15) is 0 Å². The molecule has 96 valence electrons. The summed E-state index contributed by atoms with van der Waals surface area (Å²) in [5.74, 6) is -0.548. The zero-order valence-electron chi connectivity index (χ0n) is 10.2. The summed E-state index contributed by atoms with van der Waals surface area (Å²) in [6.45, 7) is 4.08. The van der Waals surface area contributed by atoms with Crippen molar-refractivity contribution < 1.29 is 14.3 Å². The second-order valence-electron chi connectivity index (χ2n) is 3.52. The van der Waals surface area contributed by atoms with E-state index < -0.39 is 5.97 Å². The summed E-state index contributed by atoms with van der Waals surface area (Å²) in [6.07, 6.45) is 1.61. The van der Waals surface area contributed by atoms with Crippen molar-refractivity contribution >= 4 is 17.6 Å². The SMILES string of the molecule is C=CCNC(=O)CNc1cccc(C(=O)OC)c1. The summed E-state index contributed by atoms with van der Waals surface area (Å²) < 4.78 is 4.61. The topological polar surface area (TPSA) is 67.4 Å². The lowest BCUT2D eigenvalue weighted by atomic mass is 10.2. The molecule has 0 bridgehead atoms. The third kappa shape index (κ3) is 4.29. The van der Waals surface area contributed by atoms with Crippen LogP contribution in [0.3, 0.4) is 0 Å².